The van der Waals surface area contributed by atoms with E-state index in [1.165, 1.54) is 25.5 Å². The highest BCUT2D eigenvalue weighted by Crippen LogP contribution is 2.55. The molecule has 4 aliphatic carbocycles. The molecular weight excluding hydrogens is 449 g/mol. The maximum absolute atomic E-state index is 13.1. The molecule has 1 aliphatic heterocycles. The number of hydrogen-bond acceptors (Lipinski definition) is 6. The van der Waals surface area contributed by atoms with E-state index in [4.69, 9.17) is 0 Å². The molecule has 3 heterocycles. The summed E-state index contributed by atoms with van der Waals surface area (Å²) in [7, 11) is 0. The van der Waals surface area contributed by atoms with Gasteiger partial charge in [-0.2, -0.15) is 18.2 Å². The van der Waals surface area contributed by atoms with Crippen LogP contribution in [0, 0.1) is 17.8 Å². The standard InChI is InChI=1S/C23H27F3N6O2/c24-23(25,26)20-28-19(30-34-20)17-1-2-18(27-13-17)31-3-5-32(6-4-31)21(33)29-22-10-14-7-15(11-22)9-16(8-14)12-22/h1-2,13-16H,3-12H2,(H,29,33). The van der Waals surface area contributed by atoms with Crippen LogP contribution in [-0.2, 0) is 6.18 Å². The molecule has 2 amide bonds. The molecule has 0 atom stereocenters. The van der Waals surface area contributed by atoms with Crippen LogP contribution in [0.25, 0.3) is 11.4 Å². The van der Waals surface area contributed by atoms with Gasteiger partial charge < -0.3 is 19.6 Å². The number of hydrogen-bond donors (Lipinski definition) is 1. The highest BCUT2D eigenvalue weighted by atomic mass is 19.4. The van der Waals surface area contributed by atoms with E-state index in [0.717, 1.165) is 37.0 Å². The zero-order valence-electron chi connectivity index (χ0n) is 18.7. The Morgan fingerprint density at radius 3 is 2.21 bits per heavy atom. The number of aromatic nitrogens is 3. The lowest BCUT2D eigenvalue weighted by atomic mass is 9.53. The van der Waals surface area contributed by atoms with E-state index in [-0.39, 0.29) is 17.4 Å². The summed E-state index contributed by atoms with van der Waals surface area (Å²) in [5, 5.41) is 6.83. The number of nitrogens with one attached hydrogen (secondary N) is 1. The summed E-state index contributed by atoms with van der Waals surface area (Å²) in [4.78, 5) is 24.8. The van der Waals surface area contributed by atoms with Gasteiger partial charge in [0.15, 0.2) is 0 Å². The number of amides is 2. The highest BCUT2D eigenvalue weighted by Gasteiger charge is 2.52. The number of nitrogens with zero attached hydrogens (tertiary/aromatic N) is 5. The third kappa shape index (κ3) is 3.98. The summed E-state index contributed by atoms with van der Waals surface area (Å²) in [6, 6.07) is 3.39. The molecule has 0 aromatic carbocycles. The molecule has 4 saturated carbocycles. The van der Waals surface area contributed by atoms with E-state index >= 15 is 0 Å². The fraction of sp³-hybridized carbons (Fsp3) is 0.652. The molecule has 0 radical (unpaired) electrons. The minimum atomic E-state index is -4.68. The van der Waals surface area contributed by atoms with Crippen molar-refractivity contribution in [2.75, 3.05) is 31.1 Å². The minimum Gasteiger partial charge on any atom is -0.353 e. The second kappa shape index (κ2) is 7.84. The molecule has 0 unspecified atom stereocenters. The van der Waals surface area contributed by atoms with Crippen molar-refractivity contribution in [1.82, 2.24) is 25.3 Å². The molecule has 5 aliphatic rings. The summed E-state index contributed by atoms with van der Waals surface area (Å²) >= 11 is 0. The molecule has 7 rings (SSSR count). The monoisotopic (exact) mass is 476 g/mol. The lowest BCUT2D eigenvalue weighted by molar-refractivity contribution is -0.159. The second-order valence-corrected chi connectivity index (χ2v) is 10.4. The number of piperazine rings is 1. The number of urea groups is 1. The number of alkyl halides is 3. The van der Waals surface area contributed by atoms with Gasteiger partial charge in [0.25, 0.3) is 0 Å². The van der Waals surface area contributed by atoms with Crippen molar-refractivity contribution in [3.05, 3.63) is 24.2 Å². The molecule has 2 aromatic rings. The lowest BCUT2D eigenvalue weighted by Crippen LogP contribution is -2.63. The molecule has 11 heteroatoms. The first kappa shape index (κ1) is 21.7. The van der Waals surface area contributed by atoms with Gasteiger partial charge in [-0.3, -0.25) is 0 Å². The van der Waals surface area contributed by atoms with Crippen LogP contribution in [0.4, 0.5) is 23.8 Å². The number of carbonyl (C=O) groups is 1. The Kier molecular flexibility index (Phi) is 5.00. The average molecular weight is 477 g/mol. The Morgan fingerprint density at radius 2 is 1.68 bits per heavy atom. The fourth-order valence-electron chi connectivity index (χ4n) is 6.87. The van der Waals surface area contributed by atoms with Crippen LogP contribution in [0.1, 0.15) is 44.4 Å². The number of anilines is 1. The van der Waals surface area contributed by atoms with Gasteiger partial charge in [0.05, 0.1) is 0 Å². The topological polar surface area (TPSA) is 87.4 Å². The Balaban J connectivity index is 1.05. The summed E-state index contributed by atoms with van der Waals surface area (Å²) in [5.74, 6) is 1.51. The third-order valence-corrected chi connectivity index (χ3v) is 7.98. The van der Waals surface area contributed by atoms with E-state index in [9.17, 15) is 18.0 Å². The van der Waals surface area contributed by atoms with Crippen molar-refractivity contribution < 1.29 is 22.5 Å². The normalized spacial score (nSPS) is 30.6. The van der Waals surface area contributed by atoms with Crippen LogP contribution >= 0.6 is 0 Å². The fourth-order valence-corrected chi connectivity index (χ4v) is 6.87. The maximum atomic E-state index is 13.1. The van der Waals surface area contributed by atoms with Gasteiger partial charge >= 0.3 is 18.1 Å². The van der Waals surface area contributed by atoms with Gasteiger partial charge in [-0.1, -0.05) is 5.16 Å². The molecule has 34 heavy (non-hydrogen) atoms. The molecule has 1 saturated heterocycles. The van der Waals surface area contributed by atoms with E-state index in [2.05, 4.69) is 29.9 Å². The molecule has 1 N–H and O–H groups in total. The Morgan fingerprint density at radius 1 is 1.03 bits per heavy atom. The van der Waals surface area contributed by atoms with Crippen molar-refractivity contribution in [2.24, 2.45) is 17.8 Å². The van der Waals surface area contributed by atoms with E-state index in [0.29, 0.717) is 37.6 Å². The van der Waals surface area contributed by atoms with E-state index in [1.54, 1.807) is 12.1 Å². The molecule has 5 fully saturated rings. The van der Waals surface area contributed by atoms with Crippen molar-refractivity contribution in [3.63, 3.8) is 0 Å². The first-order valence-corrected chi connectivity index (χ1v) is 12.0. The van der Waals surface area contributed by atoms with Crippen molar-refractivity contribution in [3.8, 4) is 11.4 Å². The molecular formula is C23H27F3N6O2. The third-order valence-electron chi connectivity index (χ3n) is 7.98. The first-order valence-electron chi connectivity index (χ1n) is 12.0. The maximum Gasteiger partial charge on any atom is 0.471 e. The molecule has 8 nitrogen and oxygen atoms in total. The first-order chi connectivity index (χ1) is 16.3. The van der Waals surface area contributed by atoms with Crippen molar-refractivity contribution in [2.45, 2.75) is 50.2 Å². The largest absolute Gasteiger partial charge is 0.471 e. The molecule has 182 valence electrons. The zero-order chi connectivity index (χ0) is 23.5. The van der Waals surface area contributed by atoms with Gasteiger partial charge in [0, 0.05) is 43.5 Å². The second-order valence-electron chi connectivity index (χ2n) is 10.4. The number of rotatable bonds is 3. The minimum absolute atomic E-state index is 0.00148. The molecule has 4 bridgehead atoms. The summed E-state index contributed by atoms with van der Waals surface area (Å²) in [6.45, 7) is 2.48. The highest BCUT2D eigenvalue weighted by molar-refractivity contribution is 5.75. The van der Waals surface area contributed by atoms with Crippen LogP contribution in [-0.4, -0.2) is 57.8 Å². The smallest absolute Gasteiger partial charge is 0.353 e. The zero-order valence-corrected chi connectivity index (χ0v) is 18.7. The molecule has 0 spiro atoms. The van der Waals surface area contributed by atoms with Gasteiger partial charge in [0.2, 0.25) is 5.82 Å². The van der Waals surface area contributed by atoms with Gasteiger partial charge in [-0.05, 0) is 68.4 Å². The van der Waals surface area contributed by atoms with Crippen molar-refractivity contribution >= 4 is 11.8 Å². The Hall–Kier alpha value is -2.85. The van der Waals surface area contributed by atoms with Crippen LogP contribution in [0.15, 0.2) is 22.9 Å². The Labute approximate surface area is 194 Å². The predicted octanol–water partition coefficient (Wildman–Crippen LogP) is 3.95. The quantitative estimate of drug-likeness (QED) is 0.722. The van der Waals surface area contributed by atoms with Crippen LogP contribution in [0.2, 0.25) is 0 Å². The summed E-state index contributed by atoms with van der Waals surface area (Å²) in [5.41, 5.74) is 0.346. The Bertz CT molecular complexity index is 1030. The number of halogens is 3. The number of pyridine rings is 1. The van der Waals surface area contributed by atoms with Gasteiger partial charge in [-0.25, -0.2) is 9.78 Å². The van der Waals surface area contributed by atoms with Gasteiger partial charge in [0.1, 0.15) is 5.82 Å². The van der Waals surface area contributed by atoms with Gasteiger partial charge in [-0.15, -0.1) is 0 Å². The van der Waals surface area contributed by atoms with Crippen LogP contribution in [0.3, 0.4) is 0 Å². The van der Waals surface area contributed by atoms with Crippen LogP contribution in [0.5, 0.6) is 0 Å². The van der Waals surface area contributed by atoms with Crippen molar-refractivity contribution in [1.29, 1.82) is 0 Å². The SMILES string of the molecule is O=C(NC12CC3CC(CC(C3)C1)C2)N1CCN(c2ccc(-c3noc(C(F)(F)F)n3)cn2)CC1. The lowest BCUT2D eigenvalue weighted by Gasteiger charge is -2.57. The summed E-state index contributed by atoms with van der Waals surface area (Å²) in [6.07, 6.45) is 4.18. The predicted molar refractivity (Wildman–Crippen MR) is 116 cm³/mol. The summed E-state index contributed by atoms with van der Waals surface area (Å²) < 4.78 is 42.3. The number of carbonyl (C=O) groups excluding carboxylic acids is 1. The average Bonchev–Trinajstić information content (AvgIpc) is 3.29. The van der Waals surface area contributed by atoms with E-state index in [1.807, 2.05) is 4.90 Å². The van der Waals surface area contributed by atoms with E-state index < -0.39 is 12.1 Å². The van der Waals surface area contributed by atoms with Crippen LogP contribution < -0.4 is 10.2 Å². The molecule has 2 aromatic heterocycles.